The minimum absolute atomic E-state index is 0.0478. The molecular weight excluding hydrogens is 431 g/mol. The molecule has 1 saturated heterocycles. The smallest absolute Gasteiger partial charge is 0.243 e. The second-order valence-electron chi connectivity index (χ2n) is 7.11. The zero-order valence-corrected chi connectivity index (χ0v) is 18.0. The van der Waals surface area contributed by atoms with Crippen molar-refractivity contribution in [2.75, 3.05) is 13.1 Å². The van der Waals surface area contributed by atoms with Crippen molar-refractivity contribution in [3.8, 4) is 0 Å². The van der Waals surface area contributed by atoms with Crippen molar-refractivity contribution >= 4 is 25.8 Å². The van der Waals surface area contributed by atoms with Gasteiger partial charge in [-0.2, -0.15) is 4.31 Å². The average molecular weight is 455 g/mol. The molecule has 2 aromatic rings. The first-order valence-electron chi connectivity index (χ1n) is 9.48. The molecule has 10 heteroatoms. The predicted molar refractivity (Wildman–Crippen MR) is 109 cm³/mol. The van der Waals surface area contributed by atoms with E-state index in [9.17, 15) is 26.0 Å². The maximum absolute atomic E-state index is 13.0. The quantitative estimate of drug-likeness (QED) is 0.646. The molecule has 0 radical (unpaired) electrons. The van der Waals surface area contributed by atoms with Gasteiger partial charge in [0.15, 0.2) is 9.84 Å². The van der Waals surface area contributed by atoms with E-state index in [2.05, 4.69) is 5.32 Å². The molecule has 1 aliphatic heterocycles. The largest absolute Gasteiger partial charge is 0.351 e. The maximum atomic E-state index is 13.0. The Labute approximate surface area is 175 Å². The SMILES string of the molecule is CC(C(=O)NCc1ccc(S(=O)(=O)N2CCCC2)cc1)S(=O)(=O)c1ccc(F)cc1. The second-order valence-corrected chi connectivity index (χ2v) is 11.3. The Hall–Kier alpha value is -2.30. The number of hydrogen-bond donors (Lipinski definition) is 1. The molecule has 1 unspecified atom stereocenters. The molecule has 1 atom stereocenters. The van der Waals surface area contributed by atoms with Crippen LogP contribution in [0.25, 0.3) is 0 Å². The van der Waals surface area contributed by atoms with E-state index in [1.807, 2.05) is 0 Å². The van der Waals surface area contributed by atoms with Crippen LogP contribution in [0.1, 0.15) is 25.3 Å². The number of carbonyl (C=O) groups excluding carboxylic acids is 1. The first kappa shape index (κ1) is 22.4. The summed E-state index contributed by atoms with van der Waals surface area (Å²) in [5, 5.41) is 1.18. The molecule has 1 heterocycles. The summed E-state index contributed by atoms with van der Waals surface area (Å²) < 4.78 is 64.6. The summed E-state index contributed by atoms with van der Waals surface area (Å²) in [4.78, 5) is 12.4. The molecule has 1 amide bonds. The van der Waals surface area contributed by atoms with Gasteiger partial charge in [-0.25, -0.2) is 21.2 Å². The van der Waals surface area contributed by atoms with Gasteiger partial charge in [0.1, 0.15) is 11.1 Å². The number of sulfone groups is 1. The highest BCUT2D eigenvalue weighted by molar-refractivity contribution is 7.92. The molecule has 0 saturated carbocycles. The number of hydrogen-bond acceptors (Lipinski definition) is 5. The normalized spacial score (nSPS) is 16.3. The van der Waals surface area contributed by atoms with Crippen molar-refractivity contribution in [2.24, 2.45) is 0 Å². The fraction of sp³-hybridized carbons (Fsp3) is 0.350. The van der Waals surface area contributed by atoms with E-state index in [0.29, 0.717) is 18.7 Å². The third-order valence-corrected chi connectivity index (χ3v) is 9.06. The number of rotatable bonds is 7. The number of carbonyl (C=O) groups is 1. The van der Waals surface area contributed by atoms with Crippen LogP contribution < -0.4 is 5.32 Å². The van der Waals surface area contributed by atoms with Gasteiger partial charge in [0.05, 0.1) is 9.79 Å². The Balaban J connectivity index is 1.63. The Morgan fingerprint density at radius 1 is 0.967 bits per heavy atom. The zero-order chi connectivity index (χ0) is 21.9. The molecule has 1 aliphatic rings. The van der Waals surface area contributed by atoms with Crippen LogP contribution in [0.3, 0.4) is 0 Å². The molecule has 1 N–H and O–H groups in total. The molecule has 0 spiro atoms. The van der Waals surface area contributed by atoms with E-state index in [4.69, 9.17) is 0 Å². The fourth-order valence-corrected chi connectivity index (χ4v) is 5.96. The third-order valence-electron chi connectivity index (χ3n) is 5.07. The molecular formula is C20H23FN2O5S2. The van der Waals surface area contributed by atoms with E-state index in [1.54, 1.807) is 12.1 Å². The van der Waals surface area contributed by atoms with Crippen molar-refractivity contribution in [1.29, 1.82) is 0 Å². The highest BCUT2D eigenvalue weighted by Crippen LogP contribution is 2.21. The van der Waals surface area contributed by atoms with Crippen LogP contribution in [0.4, 0.5) is 4.39 Å². The minimum Gasteiger partial charge on any atom is -0.351 e. The van der Waals surface area contributed by atoms with Gasteiger partial charge in [-0.1, -0.05) is 12.1 Å². The predicted octanol–water partition coefficient (Wildman–Crippen LogP) is 2.09. The molecule has 30 heavy (non-hydrogen) atoms. The lowest BCUT2D eigenvalue weighted by Gasteiger charge is -2.16. The number of halogens is 1. The molecule has 0 aromatic heterocycles. The molecule has 162 valence electrons. The number of nitrogens with zero attached hydrogens (tertiary/aromatic N) is 1. The lowest BCUT2D eigenvalue weighted by atomic mass is 10.2. The average Bonchev–Trinajstić information content (AvgIpc) is 3.28. The first-order valence-corrected chi connectivity index (χ1v) is 12.5. The van der Waals surface area contributed by atoms with Crippen molar-refractivity contribution in [1.82, 2.24) is 9.62 Å². The second kappa shape index (κ2) is 8.83. The molecule has 0 aliphatic carbocycles. The molecule has 2 aromatic carbocycles. The molecule has 1 fully saturated rings. The van der Waals surface area contributed by atoms with Crippen LogP contribution in [-0.4, -0.2) is 45.4 Å². The first-order chi connectivity index (χ1) is 14.1. The Kier molecular flexibility index (Phi) is 6.59. The number of sulfonamides is 1. The summed E-state index contributed by atoms with van der Waals surface area (Å²) in [7, 11) is -7.47. The van der Waals surface area contributed by atoms with Crippen molar-refractivity contribution in [3.63, 3.8) is 0 Å². The monoisotopic (exact) mass is 454 g/mol. The number of nitrogens with one attached hydrogen (secondary N) is 1. The van der Waals surface area contributed by atoms with Crippen molar-refractivity contribution < 1.29 is 26.0 Å². The standard InChI is InChI=1S/C20H23FN2O5S2/c1-15(29(25,26)18-10-6-17(21)7-11-18)20(24)22-14-16-4-8-19(9-5-16)30(27,28)23-12-2-3-13-23/h4-11,15H,2-3,12-14H2,1H3,(H,22,24). The van der Waals surface area contributed by atoms with Crippen molar-refractivity contribution in [2.45, 2.75) is 41.4 Å². The summed E-state index contributed by atoms with van der Waals surface area (Å²) in [6.07, 6.45) is 1.70. The summed E-state index contributed by atoms with van der Waals surface area (Å²) in [5.74, 6) is -1.27. The van der Waals surface area contributed by atoms with Crippen LogP contribution >= 0.6 is 0 Å². The van der Waals surface area contributed by atoms with Gasteiger partial charge in [0.2, 0.25) is 15.9 Å². The van der Waals surface area contributed by atoms with E-state index < -0.39 is 36.8 Å². The van der Waals surface area contributed by atoms with Gasteiger partial charge in [-0.15, -0.1) is 0 Å². The van der Waals surface area contributed by atoms with Gasteiger partial charge in [0, 0.05) is 19.6 Å². The van der Waals surface area contributed by atoms with Crippen LogP contribution in [0.2, 0.25) is 0 Å². The lowest BCUT2D eigenvalue weighted by molar-refractivity contribution is -0.120. The summed E-state index contributed by atoms with van der Waals surface area (Å²) >= 11 is 0. The Morgan fingerprint density at radius 3 is 2.07 bits per heavy atom. The van der Waals surface area contributed by atoms with Gasteiger partial charge in [0.25, 0.3) is 0 Å². The fourth-order valence-electron chi connectivity index (χ4n) is 3.16. The van der Waals surface area contributed by atoms with Gasteiger partial charge >= 0.3 is 0 Å². The number of benzene rings is 2. The van der Waals surface area contributed by atoms with E-state index in [1.165, 1.54) is 23.4 Å². The van der Waals surface area contributed by atoms with Crippen molar-refractivity contribution in [3.05, 3.63) is 59.9 Å². The maximum Gasteiger partial charge on any atom is 0.243 e. The van der Waals surface area contributed by atoms with Crippen LogP contribution in [0.15, 0.2) is 58.3 Å². The molecule has 3 rings (SSSR count). The van der Waals surface area contributed by atoms with Crippen LogP contribution in [0, 0.1) is 5.82 Å². The number of amides is 1. The van der Waals surface area contributed by atoms with E-state index in [-0.39, 0.29) is 16.3 Å². The van der Waals surface area contributed by atoms with E-state index >= 15 is 0 Å². The topological polar surface area (TPSA) is 101 Å². The van der Waals surface area contributed by atoms with Crippen LogP contribution in [-0.2, 0) is 31.2 Å². The van der Waals surface area contributed by atoms with Gasteiger partial charge in [-0.05, 0) is 61.7 Å². The molecule has 0 bridgehead atoms. The van der Waals surface area contributed by atoms with E-state index in [0.717, 1.165) is 37.1 Å². The van der Waals surface area contributed by atoms with Gasteiger partial charge in [-0.3, -0.25) is 4.79 Å². The highest BCUT2D eigenvalue weighted by atomic mass is 32.2. The summed E-state index contributed by atoms with van der Waals surface area (Å²) in [5.41, 5.74) is 0.634. The zero-order valence-electron chi connectivity index (χ0n) is 16.4. The van der Waals surface area contributed by atoms with Gasteiger partial charge < -0.3 is 5.32 Å². The Bertz CT molecular complexity index is 1110. The summed E-state index contributed by atoms with van der Waals surface area (Å²) in [6, 6.07) is 10.4. The minimum atomic E-state index is -3.96. The summed E-state index contributed by atoms with van der Waals surface area (Å²) in [6.45, 7) is 2.34. The lowest BCUT2D eigenvalue weighted by Crippen LogP contribution is -2.37. The third kappa shape index (κ3) is 4.71. The highest BCUT2D eigenvalue weighted by Gasteiger charge is 2.30. The van der Waals surface area contributed by atoms with Crippen LogP contribution in [0.5, 0.6) is 0 Å². The molecule has 7 nitrogen and oxygen atoms in total. The Morgan fingerprint density at radius 2 is 1.50 bits per heavy atom.